The fourth-order valence-corrected chi connectivity index (χ4v) is 1.68. The first-order valence-electron chi connectivity index (χ1n) is 5.90. The molecule has 0 aliphatic heterocycles. The molecule has 0 saturated heterocycles. The molecule has 0 aromatic heterocycles. The van der Waals surface area contributed by atoms with Gasteiger partial charge in [0.1, 0.15) is 0 Å². The highest BCUT2D eigenvalue weighted by Gasteiger charge is 2.41. The normalized spacial score (nSPS) is 14.0. The van der Waals surface area contributed by atoms with Crippen molar-refractivity contribution in [1.82, 2.24) is 0 Å². The summed E-state index contributed by atoms with van der Waals surface area (Å²) in [6.07, 6.45) is 4.23. The molecule has 0 heterocycles. The molecular formula is C10H20N2O5. The van der Waals surface area contributed by atoms with Crippen molar-refractivity contribution in [2.24, 2.45) is 0 Å². The molecule has 7 nitrogen and oxygen atoms in total. The Hall–Kier alpha value is -1.40. The summed E-state index contributed by atoms with van der Waals surface area (Å²) < 4.78 is 0. The minimum Gasteiger partial charge on any atom is -0.306 e. The quantitative estimate of drug-likeness (QED) is 0.336. The Kier molecular flexibility index (Phi) is 7.16. The first-order valence-corrected chi connectivity index (χ1v) is 5.90. The third-order valence-electron chi connectivity index (χ3n) is 2.98. The van der Waals surface area contributed by atoms with Crippen LogP contribution in [0.2, 0.25) is 0 Å². The van der Waals surface area contributed by atoms with E-state index in [4.69, 9.17) is 0 Å². The molecular weight excluding hydrogens is 228 g/mol. The van der Waals surface area contributed by atoms with Gasteiger partial charge in [0, 0.05) is 17.8 Å². The van der Waals surface area contributed by atoms with Crippen molar-refractivity contribution in [2.45, 2.75) is 57.9 Å². The zero-order chi connectivity index (χ0) is 13.3. The summed E-state index contributed by atoms with van der Waals surface area (Å²) in [6, 6.07) is 0. The van der Waals surface area contributed by atoms with E-state index in [9.17, 15) is 20.2 Å². The number of nitro groups is 1. The molecule has 7 heteroatoms. The molecule has 1 unspecified atom stereocenters. The predicted octanol–water partition coefficient (Wildman–Crippen LogP) is 2.59. The van der Waals surface area contributed by atoms with Crippen molar-refractivity contribution in [3.05, 3.63) is 20.2 Å². The number of nitrogens with zero attached hydrogens (tertiary/aromatic N) is 2. The molecule has 0 amide bonds. The maximum Gasteiger partial charge on any atom is 0.294 e. The zero-order valence-electron chi connectivity index (χ0n) is 10.4. The highest BCUT2D eigenvalue weighted by molar-refractivity contribution is 4.77. The third kappa shape index (κ3) is 5.46. The highest BCUT2D eigenvalue weighted by Crippen LogP contribution is 2.23. The van der Waals surface area contributed by atoms with Crippen LogP contribution in [0.1, 0.15) is 52.4 Å². The molecule has 0 bridgehead atoms. The Morgan fingerprint density at radius 3 is 2.18 bits per heavy atom. The summed E-state index contributed by atoms with van der Waals surface area (Å²) in [4.78, 5) is 24.9. The topological polar surface area (TPSA) is 95.5 Å². The maximum absolute atomic E-state index is 11.0. The van der Waals surface area contributed by atoms with Crippen molar-refractivity contribution in [2.75, 3.05) is 6.61 Å². The van der Waals surface area contributed by atoms with Gasteiger partial charge in [-0.2, -0.15) is 0 Å². The van der Waals surface area contributed by atoms with Crippen molar-refractivity contribution < 1.29 is 14.8 Å². The Balaban J connectivity index is 4.37. The standard InChI is InChI=1S/C10H20N2O5/c1-3-5-6-7-8-10(4-2,11(13)14)9-17-12(15)16/h3-9H2,1-2H3. The van der Waals surface area contributed by atoms with Crippen LogP contribution < -0.4 is 0 Å². The van der Waals surface area contributed by atoms with Crippen molar-refractivity contribution >= 4 is 0 Å². The van der Waals surface area contributed by atoms with E-state index in [0.717, 1.165) is 19.3 Å². The van der Waals surface area contributed by atoms with E-state index in [2.05, 4.69) is 11.8 Å². The maximum atomic E-state index is 11.0. The molecule has 0 saturated carbocycles. The van der Waals surface area contributed by atoms with E-state index in [1.165, 1.54) is 0 Å². The molecule has 0 spiro atoms. The van der Waals surface area contributed by atoms with Gasteiger partial charge in [0.15, 0.2) is 6.61 Å². The zero-order valence-corrected chi connectivity index (χ0v) is 10.4. The second-order valence-electron chi connectivity index (χ2n) is 4.14. The van der Waals surface area contributed by atoms with Crippen molar-refractivity contribution in [1.29, 1.82) is 0 Å². The van der Waals surface area contributed by atoms with Crippen LogP contribution in [0.5, 0.6) is 0 Å². The number of hydrogen-bond acceptors (Lipinski definition) is 5. The van der Waals surface area contributed by atoms with E-state index >= 15 is 0 Å². The second kappa shape index (κ2) is 7.81. The molecule has 0 aromatic rings. The molecule has 17 heavy (non-hydrogen) atoms. The summed E-state index contributed by atoms with van der Waals surface area (Å²) in [5, 5.41) is 20.2. The van der Waals surface area contributed by atoms with Gasteiger partial charge in [-0.15, -0.1) is 10.1 Å². The SMILES string of the molecule is CCCCCCC(CC)(CO[N+](=O)[O-])[N+](=O)[O-]. The van der Waals surface area contributed by atoms with Gasteiger partial charge in [0.2, 0.25) is 5.54 Å². The highest BCUT2D eigenvalue weighted by atomic mass is 17.0. The van der Waals surface area contributed by atoms with Crippen LogP contribution in [0.15, 0.2) is 0 Å². The van der Waals surface area contributed by atoms with Crippen LogP contribution in [0.25, 0.3) is 0 Å². The van der Waals surface area contributed by atoms with E-state index in [1.807, 2.05) is 0 Å². The summed E-state index contributed by atoms with van der Waals surface area (Å²) in [5.74, 6) is 0. The number of hydrogen-bond donors (Lipinski definition) is 0. The molecule has 100 valence electrons. The molecule has 0 N–H and O–H groups in total. The van der Waals surface area contributed by atoms with Gasteiger partial charge < -0.3 is 4.84 Å². The molecule has 0 aliphatic carbocycles. The fourth-order valence-electron chi connectivity index (χ4n) is 1.68. The van der Waals surface area contributed by atoms with Gasteiger partial charge in [0.05, 0.1) is 0 Å². The number of rotatable bonds is 10. The van der Waals surface area contributed by atoms with Gasteiger partial charge in [0.25, 0.3) is 5.09 Å². The van der Waals surface area contributed by atoms with Crippen molar-refractivity contribution in [3.63, 3.8) is 0 Å². The first kappa shape index (κ1) is 15.6. The fraction of sp³-hybridized carbons (Fsp3) is 1.00. The number of unbranched alkanes of at least 4 members (excludes halogenated alkanes) is 3. The lowest BCUT2D eigenvalue weighted by molar-refractivity contribution is -0.770. The third-order valence-corrected chi connectivity index (χ3v) is 2.98. The summed E-state index contributed by atoms with van der Waals surface area (Å²) >= 11 is 0. The molecule has 0 fully saturated rings. The monoisotopic (exact) mass is 248 g/mol. The van der Waals surface area contributed by atoms with E-state index < -0.39 is 22.2 Å². The molecule has 1 atom stereocenters. The lowest BCUT2D eigenvalue weighted by Gasteiger charge is -2.22. The molecule has 0 radical (unpaired) electrons. The van der Waals surface area contributed by atoms with E-state index in [-0.39, 0.29) is 6.42 Å². The van der Waals surface area contributed by atoms with Crippen LogP contribution in [0.4, 0.5) is 0 Å². The van der Waals surface area contributed by atoms with Crippen LogP contribution in [-0.2, 0) is 4.84 Å². The van der Waals surface area contributed by atoms with Gasteiger partial charge in [-0.25, -0.2) is 0 Å². The second-order valence-corrected chi connectivity index (χ2v) is 4.14. The molecule has 0 aliphatic rings. The Morgan fingerprint density at radius 1 is 1.12 bits per heavy atom. The van der Waals surface area contributed by atoms with Crippen LogP contribution in [0, 0.1) is 20.2 Å². The minimum absolute atomic E-state index is 0.236. The van der Waals surface area contributed by atoms with Gasteiger partial charge in [-0.3, -0.25) is 10.1 Å². The molecule has 0 aromatic carbocycles. The van der Waals surface area contributed by atoms with E-state index in [0.29, 0.717) is 12.8 Å². The Labute approximate surface area is 100 Å². The van der Waals surface area contributed by atoms with E-state index in [1.54, 1.807) is 6.92 Å². The van der Waals surface area contributed by atoms with Gasteiger partial charge in [-0.1, -0.05) is 33.1 Å². The van der Waals surface area contributed by atoms with Crippen LogP contribution in [-0.4, -0.2) is 22.2 Å². The minimum atomic E-state index is -1.32. The lowest BCUT2D eigenvalue weighted by atomic mass is 9.91. The lowest BCUT2D eigenvalue weighted by Crippen LogP contribution is -2.43. The summed E-state index contributed by atoms with van der Waals surface area (Å²) in [5.41, 5.74) is -1.32. The molecule has 0 rings (SSSR count). The first-order chi connectivity index (χ1) is 7.98. The van der Waals surface area contributed by atoms with Crippen LogP contribution in [0.3, 0.4) is 0 Å². The van der Waals surface area contributed by atoms with Gasteiger partial charge >= 0.3 is 0 Å². The van der Waals surface area contributed by atoms with Crippen LogP contribution >= 0.6 is 0 Å². The average Bonchev–Trinajstić information content (AvgIpc) is 2.28. The largest absolute Gasteiger partial charge is 0.306 e. The Bertz CT molecular complexity index is 259. The average molecular weight is 248 g/mol. The summed E-state index contributed by atoms with van der Waals surface area (Å²) in [7, 11) is 0. The van der Waals surface area contributed by atoms with Crippen molar-refractivity contribution in [3.8, 4) is 0 Å². The Morgan fingerprint density at radius 2 is 1.76 bits per heavy atom. The predicted molar refractivity (Wildman–Crippen MR) is 61.7 cm³/mol. The van der Waals surface area contributed by atoms with Gasteiger partial charge in [-0.05, 0) is 6.42 Å². The smallest absolute Gasteiger partial charge is 0.294 e. The summed E-state index contributed by atoms with van der Waals surface area (Å²) in [6.45, 7) is 3.25.